The number of nitrogens with one attached hydrogen (secondary N) is 1. The number of anilines is 1. The zero-order chi connectivity index (χ0) is 19.1. The highest BCUT2D eigenvalue weighted by molar-refractivity contribution is 6.04. The highest BCUT2D eigenvalue weighted by Crippen LogP contribution is 2.21. The molecular weight excluding hydrogens is 352 g/mol. The number of carbonyl (C=O) groups is 1. The van der Waals surface area contributed by atoms with Gasteiger partial charge in [0.05, 0.1) is 11.4 Å². The van der Waals surface area contributed by atoms with Gasteiger partial charge in [0, 0.05) is 36.0 Å². The molecule has 5 aromatic rings. The molecule has 5 rings (SSSR count). The summed E-state index contributed by atoms with van der Waals surface area (Å²) in [6, 6.07) is 15.1. The Kier molecular flexibility index (Phi) is 3.65. The molecule has 28 heavy (non-hydrogen) atoms. The topological polar surface area (TPSA) is 76.6 Å². The van der Waals surface area contributed by atoms with Crippen molar-refractivity contribution in [3.63, 3.8) is 0 Å². The summed E-state index contributed by atoms with van der Waals surface area (Å²) in [6.45, 7) is 1.84. The fourth-order valence-corrected chi connectivity index (χ4v) is 3.27. The number of hydrogen-bond acceptors (Lipinski definition) is 4. The summed E-state index contributed by atoms with van der Waals surface area (Å²) in [4.78, 5) is 26.0. The van der Waals surface area contributed by atoms with E-state index in [4.69, 9.17) is 0 Å². The predicted molar refractivity (Wildman–Crippen MR) is 106 cm³/mol. The molecule has 7 nitrogen and oxygen atoms in total. The molecule has 0 aliphatic heterocycles. The second-order valence-corrected chi connectivity index (χ2v) is 6.46. The maximum atomic E-state index is 12.8. The number of fused-ring (bicyclic) bond motifs is 2. The normalized spacial score (nSPS) is 11.2. The molecule has 0 bridgehead atoms. The van der Waals surface area contributed by atoms with Gasteiger partial charge in [-0.3, -0.25) is 13.6 Å². The predicted octanol–water partition coefficient (Wildman–Crippen LogP) is 3.60. The first-order chi connectivity index (χ1) is 13.7. The number of imidazole rings is 2. The number of aryl methyl sites for hydroxylation is 1. The fraction of sp³-hybridized carbons (Fsp3) is 0.0476. The Labute approximate surface area is 160 Å². The Balaban J connectivity index is 1.41. The molecule has 0 atom stereocenters. The molecule has 0 radical (unpaired) electrons. The molecule has 0 spiro atoms. The van der Waals surface area contributed by atoms with Crippen molar-refractivity contribution in [2.75, 3.05) is 5.32 Å². The van der Waals surface area contributed by atoms with Gasteiger partial charge in [-0.25, -0.2) is 15.0 Å². The third-order valence-corrected chi connectivity index (χ3v) is 4.59. The first-order valence-electron chi connectivity index (χ1n) is 8.84. The number of benzene rings is 1. The van der Waals surface area contributed by atoms with Gasteiger partial charge in [-0.2, -0.15) is 0 Å². The van der Waals surface area contributed by atoms with Gasteiger partial charge >= 0.3 is 0 Å². The maximum Gasteiger partial charge on any atom is 0.274 e. The third kappa shape index (κ3) is 2.69. The van der Waals surface area contributed by atoms with Crippen LogP contribution in [0, 0.1) is 6.92 Å². The van der Waals surface area contributed by atoms with Crippen molar-refractivity contribution in [1.29, 1.82) is 0 Å². The lowest BCUT2D eigenvalue weighted by molar-refractivity contribution is 0.102. The Bertz CT molecular complexity index is 1280. The van der Waals surface area contributed by atoms with Gasteiger partial charge in [0.1, 0.15) is 11.3 Å². The third-order valence-electron chi connectivity index (χ3n) is 4.59. The summed E-state index contributed by atoms with van der Waals surface area (Å²) in [6.07, 6.45) is 7.39. The van der Waals surface area contributed by atoms with E-state index in [-0.39, 0.29) is 5.91 Å². The van der Waals surface area contributed by atoms with Crippen molar-refractivity contribution < 1.29 is 4.79 Å². The van der Waals surface area contributed by atoms with E-state index in [1.165, 1.54) is 0 Å². The van der Waals surface area contributed by atoms with Crippen LogP contribution in [0.5, 0.6) is 0 Å². The number of aromatic nitrogens is 5. The van der Waals surface area contributed by atoms with E-state index in [1.54, 1.807) is 10.6 Å². The van der Waals surface area contributed by atoms with E-state index in [9.17, 15) is 4.79 Å². The van der Waals surface area contributed by atoms with Gasteiger partial charge in [-0.05, 0) is 37.3 Å². The average molecular weight is 368 g/mol. The lowest BCUT2D eigenvalue weighted by Crippen LogP contribution is -2.15. The van der Waals surface area contributed by atoms with Gasteiger partial charge in [-0.15, -0.1) is 0 Å². The van der Waals surface area contributed by atoms with Crippen molar-refractivity contribution in [2.24, 2.45) is 0 Å². The molecule has 0 fully saturated rings. The molecule has 4 aromatic heterocycles. The minimum atomic E-state index is -0.194. The van der Waals surface area contributed by atoms with E-state index in [2.05, 4.69) is 20.3 Å². The number of pyridine rings is 1. The molecule has 0 unspecified atom stereocenters. The average Bonchev–Trinajstić information content (AvgIpc) is 3.28. The van der Waals surface area contributed by atoms with Crippen molar-refractivity contribution in [3.8, 4) is 11.3 Å². The Morgan fingerprint density at radius 1 is 1.00 bits per heavy atom. The van der Waals surface area contributed by atoms with Crippen LogP contribution in [-0.2, 0) is 0 Å². The number of amides is 1. The van der Waals surface area contributed by atoms with Gasteiger partial charge in [0.15, 0.2) is 0 Å². The first-order valence-corrected chi connectivity index (χ1v) is 8.84. The van der Waals surface area contributed by atoms with Crippen LogP contribution in [0.3, 0.4) is 0 Å². The minimum Gasteiger partial charge on any atom is -0.321 e. The summed E-state index contributed by atoms with van der Waals surface area (Å²) < 4.78 is 3.67. The van der Waals surface area contributed by atoms with Gasteiger partial charge < -0.3 is 5.32 Å². The zero-order valence-electron chi connectivity index (χ0n) is 15.1. The van der Waals surface area contributed by atoms with Crippen LogP contribution < -0.4 is 5.32 Å². The van der Waals surface area contributed by atoms with E-state index >= 15 is 0 Å². The van der Waals surface area contributed by atoms with Crippen LogP contribution in [0.1, 0.15) is 16.2 Å². The number of rotatable bonds is 3. The van der Waals surface area contributed by atoms with Gasteiger partial charge in [0.2, 0.25) is 5.78 Å². The van der Waals surface area contributed by atoms with Crippen LogP contribution in [-0.4, -0.2) is 29.7 Å². The summed E-state index contributed by atoms with van der Waals surface area (Å²) >= 11 is 0. The van der Waals surface area contributed by atoms with Crippen LogP contribution in [0.15, 0.2) is 73.3 Å². The van der Waals surface area contributed by atoms with E-state index < -0.39 is 0 Å². The molecule has 4 heterocycles. The summed E-state index contributed by atoms with van der Waals surface area (Å²) in [7, 11) is 0. The zero-order valence-corrected chi connectivity index (χ0v) is 15.1. The van der Waals surface area contributed by atoms with Crippen molar-refractivity contribution in [2.45, 2.75) is 6.92 Å². The van der Waals surface area contributed by atoms with Crippen LogP contribution in [0.25, 0.3) is 22.7 Å². The largest absolute Gasteiger partial charge is 0.321 e. The van der Waals surface area contributed by atoms with Crippen LogP contribution in [0.2, 0.25) is 0 Å². The standard InChI is InChI=1S/C21H16N6O/c1-14-19(27-12-3-2-5-18(27)23-14)20(28)24-16-8-6-15(7-9-16)17-13-26-11-4-10-22-21(26)25-17/h2-13H,1H3,(H,24,28). The molecule has 1 N–H and O–H groups in total. The molecule has 0 saturated carbocycles. The first kappa shape index (κ1) is 16.2. The quantitative estimate of drug-likeness (QED) is 0.528. The second-order valence-electron chi connectivity index (χ2n) is 6.46. The summed E-state index contributed by atoms with van der Waals surface area (Å²) in [5, 5.41) is 2.94. The SMILES string of the molecule is Cc1nc2ccccn2c1C(=O)Nc1ccc(-c2cn3cccnc3n2)cc1. The highest BCUT2D eigenvalue weighted by atomic mass is 16.2. The fourth-order valence-electron chi connectivity index (χ4n) is 3.27. The maximum absolute atomic E-state index is 12.8. The smallest absolute Gasteiger partial charge is 0.274 e. The van der Waals surface area contributed by atoms with Crippen molar-refractivity contribution in [1.82, 2.24) is 23.8 Å². The number of hydrogen-bond donors (Lipinski definition) is 1. The molecular formula is C21H16N6O. The molecule has 0 saturated heterocycles. The minimum absolute atomic E-state index is 0.194. The van der Waals surface area contributed by atoms with E-state index in [0.29, 0.717) is 22.9 Å². The Morgan fingerprint density at radius 3 is 2.68 bits per heavy atom. The van der Waals surface area contributed by atoms with Gasteiger partial charge in [-0.1, -0.05) is 18.2 Å². The van der Waals surface area contributed by atoms with E-state index in [1.807, 2.05) is 78.4 Å². The molecule has 136 valence electrons. The number of carbonyl (C=O) groups excluding carboxylic acids is 1. The van der Waals surface area contributed by atoms with Crippen LogP contribution in [0.4, 0.5) is 5.69 Å². The molecule has 1 amide bonds. The van der Waals surface area contributed by atoms with Crippen molar-refractivity contribution >= 4 is 23.0 Å². The molecule has 7 heteroatoms. The van der Waals surface area contributed by atoms with Gasteiger partial charge in [0.25, 0.3) is 5.91 Å². The lowest BCUT2D eigenvalue weighted by Gasteiger charge is -2.07. The Morgan fingerprint density at radius 2 is 1.86 bits per heavy atom. The van der Waals surface area contributed by atoms with E-state index in [0.717, 1.165) is 16.9 Å². The summed E-state index contributed by atoms with van der Waals surface area (Å²) in [5.41, 5.74) is 4.47. The number of nitrogens with zero attached hydrogens (tertiary/aromatic N) is 5. The lowest BCUT2D eigenvalue weighted by atomic mass is 10.1. The molecule has 1 aromatic carbocycles. The monoisotopic (exact) mass is 368 g/mol. The molecule has 0 aliphatic rings. The van der Waals surface area contributed by atoms with Crippen LogP contribution >= 0.6 is 0 Å². The summed E-state index contributed by atoms with van der Waals surface area (Å²) in [5.74, 6) is 0.457. The molecule has 0 aliphatic carbocycles. The Hall–Kier alpha value is -4.00. The highest BCUT2D eigenvalue weighted by Gasteiger charge is 2.16. The second kappa shape index (κ2) is 6.31. The van der Waals surface area contributed by atoms with Crippen molar-refractivity contribution in [3.05, 3.63) is 84.7 Å².